The zero-order valence-electron chi connectivity index (χ0n) is 9.80. The Kier molecular flexibility index (Phi) is 4.40. The Morgan fingerprint density at radius 1 is 1.56 bits per heavy atom. The van der Waals surface area contributed by atoms with Crippen molar-refractivity contribution in [2.75, 3.05) is 5.32 Å². The van der Waals surface area contributed by atoms with Gasteiger partial charge in [0.05, 0.1) is 23.7 Å². The monoisotopic (exact) mass is 247 g/mol. The lowest BCUT2D eigenvalue weighted by atomic mass is 10.1. The fraction of sp³-hybridized carbons (Fsp3) is 0.250. The van der Waals surface area contributed by atoms with Gasteiger partial charge in [0, 0.05) is 0 Å². The smallest absolute Gasteiger partial charge is 0.305 e. The van der Waals surface area contributed by atoms with Crippen LogP contribution in [-0.2, 0) is 9.59 Å². The summed E-state index contributed by atoms with van der Waals surface area (Å²) >= 11 is 0. The van der Waals surface area contributed by atoms with Crippen molar-refractivity contribution in [1.29, 1.82) is 5.26 Å². The van der Waals surface area contributed by atoms with Crippen molar-refractivity contribution in [2.24, 2.45) is 5.73 Å². The van der Waals surface area contributed by atoms with Crippen LogP contribution in [0.25, 0.3) is 0 Å². The average Bonchev–Trinajstić information content (AvgIpc) is 2.28. The van der Waals surface area contributed by atoms with E-state index in [4.69, 9.17) is 16.1 Å². The molecule has 1 unspecified atom stereocenters. The van der Waals surface area contributed by atoms with E-state index in [-0.39, 0.29) is 0 Å². The second-order valence-corrected chi connectivity index (χ2v) is 3.80. The number of rotatable bonds is 4. The van der Waals surface area contributed by atoms with Crippen LogP contribution >= 0.6 is 0 Å². The maximum Gasteiger partial charge on any atom is 0.305 e. The van der Waals surface area contributed by atoms with Crippen LogP contribution in [0.3, 0.4) is 0 Å². The summed E-state index contributed by atoms with van der Waals surface area (Å²) in [7, 11) is 0. The number of amides is 1. The number of anilines is 1. The molecule has 0 spiro atoms. The number of nitrogens with one attached hydrogen (secondary N) is 1. The summed E-state index contributed by atoms with van der Waals surface area (Å²) in [4.78, 5) is 22.1. The largest absolute Gasteiger partial charge is 0.481 e. The SMILES string of the molecule is Cc1cccc(NC(=O)C(N)CC(=O)O)c1C#N. The normalized spacial score (nSPS) is 11.4. The van der Waals surface area contributed by atoms with Crippen LogP contribution in [-0.4, -0.2) is 23.0 Å². The van der Waals surface area contributed by atoms with Crippen molar-refractivity contribution < 1.29 is 14.7 Å². The number of carbonyl (C=O) groups is 2. The van der Waals surface area contributed by atoms with Gasteiger partial charge in [-0.15, -0.1) is 0 Å². The molecule has 0 fully saturated rings. The first kappa shape index (κ1) is 13.7. The summed E-state index contributed by atoms with van der Waals surface area (Å²) < 4.78 is 0. The van der Waals surface area contributed by atoms with Crippen molar-refractivity contribution in [2.45, 2.75) is 19.4 Å². The number of hydrogen-bond acceptors (Lipinski definition) is 4. The first-order valence-electron chi connectivity index (χ1n) is 5.23. The molecule has 0 saturated carbocycles. The minimum Gasteiger partial charge on any atom is -0.481 e. The van der Waals surface area contributed by atoms with Crippen molar-refractivity contribution in [3.63, 3.8) is 0 Å². The van der Waals surface area contributed by atoms with Crippen molar-refractivity contribution in [1.82, 2.24) is 0 Å². The molecule has 18 heavy (non-hydrogen) atoms. The van der Waals surface area contributed by atoms with Crippen LogP contribution in [0, 0.1) is 18.3 Å². The van der Waals surface area contributed by atoms with E-state index < -0.39 is 24.3 Å². The van der Waals surface area contributed by atoms with Gasteiger partial charge in [-0.05, 0) is 18.6 Å². The molecule has 4 N–H and O–H groups in total. The average molecular weight is 247 g/mol. The van der Waals surface area contributed by atoms with Gasteiger partial charge in [0.1, 0.15) is 6.07 Å². The number of nitriles is 1. The Hall–Kier alpha value is -2.39. The third kappa shape index (κ3) is 3.30. The number of nitrogens with zero attached hydrogens (tertiary/aromatic N) is 1. The van der Waals surface area contributed by atoms with Crippen LogP contribution in [0.1, 0.15) is 17.5 Å². The minimum absolute atomic E-state index is 0.336. The van der Waals surface area contributed by atoms with E-state index in [1.165, 1.54) is 0 Å². The summed E-state index contributed by atoms with van der Waals surface area (Å²) in [5.41, 5.74) is 6.82. The fourth-order valence-corrected chi connectivity index (χ4v) is 1.43. The maximum absolute atomic E-state index is 11.6. The number of nitrogens with two attached hydrogens (primary N) is 1. The van der Waals surface area contributed by atoms with Crippen molar-refractivity contribution in [3.05, 3.63) is 29.3 Å². The molecule has 0 aromatic heterocycles. The number of aryl methyl sites for hydroxylation is 1. The molecule has 94 valence electrons. The third-order valence-corrected chi connectivity index (χ3v) is 2.37. The topological polar surface area (TPSA) is 116 Å². The molecule has 0 radical (unpaired) electrons. The summed E-state index contributed by atoms with van der Waals surface area (Å²) in [6, 6.07) is 5.83. The second-order valence-electron chi connectivity index (χ2n) is 3.80. The van der Waals surface area contributed by atoms with Crippen molar-refractivity contribution >= 4 is 17.6 Å². The van der Waals surface area contributed by atoms with Gasteiger partial charge in [0.2, 0.25) is 5.91 Å². The first-order chi connectivity index (χ1) is 8.45. The molecule has 0 aliphatic rings. The first-order valence-corrected chi connectivity index (χ1v) is 5.23. The Labute approximate surface area is 104 Å². The summed E-state index contributed by atoms with van der Waals surface area (Å²) in [5, 5.41) is 20.0. The lowest BCUT2D eigenvalue weighted by Crippen LogP contribution is -2.37. The third-order valence-electron chi connectivity index (χ3n) is 2.37. The van der Waals surface area contributed by atoms with E-state index >= 15 is 0 Å². The quantitative estimate of drug-likeness (QED) is 0.720. The Balaban J connectivity index is 2.86. The van der Waals surface area contributed by atoms with Gasteiger partial charge < -0.3 is 16.2 Å². The second kappa shape index (κ2) is 5.80. The van der Waals surface area contributed by atoms with Gasteiger partial charge in [-0.25, -0.2) is 0 Å². The zero-order valence-corrected chi connectivity index (χ0v) is 9.80. The lowest BCUT2D eigenvalue weighted by molar-refractivity contribution is -0.138. The highest BCUT2D eigenvalue weighted by atomic mass is 16.4. The van der Waals surface area contributed by atoms with Crippen LogP contribution in [0.2, 0.25) is 0 Å². The van der Waals surface area contributed by atoms with Crippen LogP contribution in [0.4, 0.5) is 5.69 Å². The van der Waals surface area contributed by atoms with Gasteiger partial charge in [0.25, 0.3) is 0 Å². The standard InChI is InChI=1S/C12H13N3O3/c1-7-3-2-4-10(8(7)6-13)15-12(18)9(14)5-11(16)17/h2-4,9H,5,14H2,1H3,(H,15,18)(H,16,17). The van der Waals surface area contributed by atoms with Crippen molar-refractivity contribution in [3.8, 4) is 6.07 Å². The van der Waals surface area contributed by atoms with E-state index in [0.29, 0.717) is 11.3 Å². The molecule has 0 saturated heterocycles. The molecular formula is C12H13N3O3. The van der Waals surface area contributed by atoms with E-state index in [0.717, 1.165) is 5.56 Å². The number of carboxylic acids is 1. The van der Waals surface area contributed by atoms with Gasteiger partial charge >= 0.3 is 5.97 Å². The molecule has 0 bridgehead atoms. The predicted molar refractivity (Wildman–Crippen MR) is 64.8 cm³/mol. The predicted octanol–water partition coefficient (Wildman–Crippen LogP) is 0.607. The van der Waals surface area contributed by atoms with Gasteiger partial charge in [-0.1, -0.05) is 12.1 Å². The molecule has 0 aliphatic carbocycles. The number of carboxylic acid groups (broad SMARTS) is 1. The van der Waals surface area contributed by atoms with Gasteiger partial charge in [-0.3, -0.25) is 9.59 Å². The Morgan fingerprint density at radius 2 is 2.22 bits per heavy atom. The van der Waals surface area contributed by atoms with Gasteiger partial charge in [0.15, 0.2) is 0 Å². The summed E-state index contributed by atoms with van der Waals surface area (Å²) in [6.07, 6.45) is -0.459. The number of hydrogen-bond donors (Lipinski definition) is 3. The number of carbonyl (C=O) groups excluding carboxylic acids is 1. The van der Waals surface area contributed by atoms with E-state index in [1.807, 2.05) is 6.07 Å². The molecule has 1 aromatic rings. The minimum atomic E-state index is -1.15. The van der Waals surface area contributed by atoms with Crippen LogP contribution in [0.5, 0.6) is 0 Å². The highest BCUT2D eigenvalue weighted by Crippen LogP contribution is 2.18. The number of aliphatic carboxylic acids is 1. The summed E-state index contributed by atoms with van der Waals surface area (Å²) in [6.45, 7) is 1.74. The molecule has 0 aliphatic heterocycles. The zero-order chi connectivity index (χ0) is 13.7. The Morgan fingerprint density at radius 3 is 2.78 bits per heavy atom. The summed E-state index contributed by atoms with van der Waals surface area (Å²) in [5.74, 6) is -1.78. The molecule has 6 heteroatoms. The van der Waals surface area contributed by atoms with E-state index in [2.05, 4.69) is 5.32 Å². The molecule has 0 heterocycles. The van der Waals surface area contributed by atoms with Crippen LogP contribution in [0.15, 0.2) is 18.2 Å². The fourth-order valence-electron chi connectivity index (χ4n) is 1.43. The van der Waals surface area contributed by atoms with E-state index in [1.54, 1.807) is 25.1 Å². The highest BCUT2D eigenvalue weighted by Gasteiger charge is 2.18. The maximum atomic E-state index is 11.6. The molecule has 1 rings (SSSR count). The molecular weight excluding hydrogens is 234 g/mol. The number of benzene rings is 1. The van der Waals surface area contributed by atoms with Gasteiger partial charge in [-0.2, -0.15) is 5.26 Å². The molecule has 1 atom stereocenters. The van der Waals surface area contributed by atoms with E-state index in [9.17, 15) is 9.59 Å². The molecule has 1 amide bonds. The molecule has 1 aromatic carbocycles. The van der Waals surface area contributed by atoms with Crippen LogP contribution < -0.4 is 11.1 Å². The highest BCUT2D eigenvalue weighted by molar-refractivity contribution is 5.97. The Bertz CT molecular complexity index is 520. The lowest BCUT2D eigenvalue weighted by Gasteiger charge is -2.12. The molecule has 6 nitrogen and oxygen atoms in total.